The molecule has 0 N–H and O–H groups in total. The lowest BCUT2D eigenvalue weighted by Crippen LogP contribution is -2.50. The van der Waals surface area contributed by atoms with Gasteiger partial charge in [0.15, 0.2) is 0 Å². The molecule has 0 radical (unpaired) electrons. The molecule has 0 unspecified atom stereocenters. The van der Waals surface area contributed by atoms with Crippen LogP contribution in [0.5, 0.6) is 0 Å². The van der Waals surface area contributed by atoms with Crippen molar-refractivity contribution in [1.29, 1.82) is 0 Å². The summed E-state index contributed by atoms with van der Waals surface area (Å²) in [6.07, 6.45) is 0.119. The van der Waals surface area contributed by atoms with E-state index >= 15 is 0 Å². The lowest BCUT2D eigenvalue weighted by atomic mass is 9.97. The van der Waals surface area contributed by atoms with E-state index in [1.54, 1.807) is 26.8 Å². The van der Waals surface area contributed by atoms with Gasteiger partial charge in [-0.2, -0.15) is 0 Å². The molecule has 132 valence electrons. The first-order valence-corrected chi connectivity index (χ1v) is 8.16. The van der Waals surface area contributed by atoms with E-state index in [2.05, 4.69) is 6.58 Å². The number of alkyl halides is 1. The fourth-order valence-corrected chi connectivity index (χ4v) is 2.82. The summed E-state index contributed by atoms with van der Waals surface area (Å²) in [4.78, 5) is 13.9. The summed E-state index contributed by atoms with van der Waals surface area (Å²) in [7, 11) is 0. The number of benzene rings is 1. The molecule has 1 saturated heterocycles. The minimum atomic E-state index is -1.11. The number of nitrogens with zero attached hydrogens (tertiary/aromatic N) is 1. The Morgan fingerprint density at radius 2 is 2.08 bits per heavy atom. The molecule has 4 nitrogen and oxygen atoms in total. The van der Waals surface area contributed by atoms with E-state index in [1.165, 1.54) is 4.90 Å². The van der Waals surface area contributed by atoms with Crippen molar-refractivity contribution >= 4 is 6.09 Å². The van der Waals surface area contributed by atoms with Gasteiger partial charge in [-0.25, -0.2) is 9.18 Å². The summed E-state index contributed by atoms with van der Waals surface area (Å²) in [5, 5.41) is 0. The van der Waals surface area contributed by atoms with Crippen molar-refractivity contribution in [3.63, 3.8) is 0 Å². The Morgan fingerprint density at radius 3 is 2.67 bits per heavy atom. The minimum absolute atomic E-state index is 0.00434. The topological polar surface area (TPSA) is 38.8 Å². The van der Waals surface area contributed by atoms with Crippen molar-refractivity contribution in [2.45, 2.75) is 51.1 Å². The highest BCUT2D eigenvalue weighted by molar-refractivity contribution is 5.70. The molecule has 1 aliphatic rings. The standard InChI is InChI=1S/C19H26FNO3/c1-5-19(14-23-13-15-9-7-6-8-10-15)11-16(20)12-21(19)17(22)24-18(2,3)4/h5-10,16H,1,11-14H2,2-4H3/t16-,19+/m1/s1. The van der Waals surface area contributed by atoms with Gasteiger partial charge in [0.25, 0.3) is 0 Å². The van der Waals surface area contributed by atoms with Crippen molar-refractivity contribution in [2.75, 3.05) is 13.2 Å². The largest absolute Gasteiger partial charge is 0.444 e. The lowest BCUT2D eigenvalue weighted by Gasteiger charge is -2.36. The van der Waals surface area contributed by atoms with E-state index in [1.807, 2.05) is 30.3 Å². The van der Waals surface area contributed by atoms with Crippen molar-refractivity contribution in [2.24, 2.45) is 0 Å². The first-order chi connectivity index (χ1) is 11.3. The number of amides is 1. The zero-order chi connectivity index (χ0) is 17.8. The van der Waals surface area contributed by atoms with Crippen LogP contribution >= 0.6 is 0 Å². The van der Waals surface area contributed by atoms with Crippen LogP contribution < -0.4 is 0 Å². The third kappa shape index (κ3) is 4.57. The molecule has 1 amide bonds. The van der Waals surface area contributed by atoms with Crippen LogP contribution in [0.3, 0.4) is 0 Å². The van der Waals surface area contributed by atoms with Crippen LogP contribution in [-0.4, -0.2) is 41.5 Å². The highest BCUT2D eigenvalue weighted by atomic mass is 19.1. The second kappa shape index (κ2) is 7.34. The Morgan fingerprint density at radius 1 is 1.42 bits per heavy atom. The van der Waals surface area contributed by atoms with Gasteiger partial charge in [-0.1, -0.05) is 36.4 Å². The Balaban J connectivity index is 2.06. The third-order valence-electron chi connectivity index (χ3n) is 3.95. The van der Waals surface area contributed by atoms with Crippen molar-refractivity contribution in [3.8, 4) is 0 Å². The Labute approximate surface area is 143 Å². The van der Waals surface area contributed by atoms with Crippen LogP contribution in [0.4, 0.5) is 9.18 Å². The van der Waals surface area contributed by atoms with Crippen LogP contribution in [0.2, 0.25) is 0 Å². The number of halogens is 1. The highest BCUT2D eigenvalue weighted by Crippen LogP contribution is 2.34. The van der Waals surface area contributed by atoms with Gasteiger partial charge in [0, 0.05) is 6.42 Å². The Bertz CT molecular complexity index is 570. The van der Waals surface area contributed by atoms with Crippen molar-refractivity contribution in [3.05, 3.63) is 48.6 Å². The monoisotopic (exact) mass is 335 g/mol. The summed E-state index contributed by atoms with van der Waals surface area (Å²) < 4.78 is 25.2. The summed E-state index contributed by atoms with van der Waals surface area (Å²) in [5.41, 5.74) is -0.491. The van der Waals surface area contributed by atoms with Gasteiger partial charge < -0.3 is 9.47 Å². The van der Waals surface area contributed by atoms with Crippen LogP contribution in [0.1, 0.15) is 32.8 Å². The van der Waals surface area contributed by atoms with E-state index in [4.69, 9.17) is 9.47 Å². The number of carbonyl (C=O) groups is 1. The highest BCUT2D eigenvalue weighted by Gasteiger charge is 2.48. The fourth-order valence-electron chi connectivity index (χ4n) is 2.82. The van der Waals surface area contributed by atoms with E-state index < -0.39 is 23.4 Å². The number of hydrogen-bond acceptors (Lipinski definition) is 3. The molecule has 0 spiro atoms. The zero-order valence-electron chi connectivity index (χ0n) is 14.6. The van der Waals surface area contributed by atoms with E-state index in [0.717, 1.165) is 5.56 Å². The smallest absolute Gasteiger partial charge is 0.411 e. The molecule has 24 heavy (non-hydrogen) atoms. The van der Waals surface area contributed by atoms with Crippen LogP contribution in [-0.2, 0) is 16.1 Å². The molecule has 2 rings (SSSR count). The second-order valence-electron chi connectivity index (χ2n) is 7.18. The molecular weight excluding hydrogens is 309 g/mol. The summed E-state index contributed by atoms with van der Waals surface area (Å²) >= 11 is 0. The van der Waals surface area contributed by atoms with E-state index in [0.29, 0.717) is 6.61 Å². The molecule has 0 aliphatic carbocycles. The van der Waals surface area contributed by atoms with Gasteiger partial charge in [-0.05, 0) is 26.3 Å². The fraction of sp³-hybridized carbons (Fsp3) is 0.526. The van der Waals surface area contributed by atoms with E-state index in [-0.39, 0.29) is 19.6 Å². The van der Waals surface area contributed by atoms with Gasteiger partial charge in [-0.3, -0.25) is 4.90 Å². The molecule has 0 bridgehead atoms. The lowest BCUT2D eigenvalue weighted by molar-refractivity contribution is -0.00790. The van der Waals surface area contributed by atoms with Gasteiger partial charge in [0.1, 0.15) is 11.8 Å². The quantitative estimate of drug-likeness (QED) is 0.760. The Kier molecular flexibility index (Phi) is 5.65. The predicted molar refractivity (Wildman–Crippen MR) is 91.5 cm³/mol. The summed E-state index contributed by atoms with van der Waals surface area (Å²) in [6.45, 7) is 9.75. The molecule has 0 saturated carbocycles. The predicted octanol–water partition coefficient (Wildman–Crippen LogP) is 4.11. The molecular formula is C19H26FNO3. The average molecular weight is 335 g/mol. The van der Waals surface area contributed by atoms with Crippen LogP contribution in [0.25, 0.3) is 0 Å². The zero-order valence-corrected chi connectivity index (χ0v) is 14.6. The molecule has 2 atom stereocenters. The molecule has 1 heterocycles. The maximum absolute atomic E-state index is 14.0. The molecule has 1 aromatic carbocycles. The van der Waals surface area contributed by atoms with Crippen LogP contribution in [0, 0.1) is 0 Å². The number of ether oxygens (including phenoxy) is 2. The molecule has 1 fully saturated rings. The molecule has 1 aliphatic heterocycles. The number of likely N-dealkylation sites (tertiary alicyclic amines) is 1. The van der Waals surface area contributed by atoms with Gasteiger partial charge >= 0.3 is 6.09 Å². The van der Waals surface area contributed by atoms with Crippen molar-refractivity contribution in [1.82, 2.24) is 4.90 Å². The summed E-state index contributed by atoms with van der Waals surface area (Å²) in [5.74, 6) is 0. The molecule has 0 aromatic heterocycles. The third-order valence-corrected chi connectivity index (χ3v) is 3.95. The van der Waals surface area contributed by atoms with Crippen LogP contribution in [0.15, 0.2) is 43.0 Å². The minimum Gasteiger partial charge on any atom is -0.444 e. The van der Waals surface area contributed by atoms with E-state index in [9.17, 15) is 9.18 Å². The van der Waals surface area contributed by atoms with Gasteiger partial charge in [-0.15, -0.1) is 6.58 Å². The second-order valence-corrected chi connectivity index (χ2v) is 7.18. The SMILES string of the molecule is C=C[C@@]1(COCc2ccccc2)C[C@@H](F)CN1C(=O)OC(C)(C)C. The first-order valence-electron chi connectivity index (χ1n) is 8.16. The maximum atomic E-state index is 14.0. The Hall–Kier alpha value is -1.88. The molecule has 1 aromatic rings. The van der Waals surface area contributed by atoms with Gasteiger partial charge in [0.05, 0.1) is 25.3 Å². The number of carbonyl (C=O) groups excluding carboxylic acids is 1. The summed E-state index contributed by atoms with van der Waals surface area (Å²) in [6, 6.07) is 9.71. The number of rotatable bonds is 5. The normalized spacial score (nSPS) is 24.0. The van der Waals surface area contributed by atoms with Gasteiger partial charge in [0.2, 0.25) is 0 Å². The first kappa shape index (κ1) is 18.5. The average Bonchev–Trinajstić information content (AvgIpc) is 2.84. The molecule has 5 heteroatoms. The van der Waals surface area contributed by atoms with Crippen molar-refractivity contribution < 1.29 is 18.7 Å². The number of hydrogen-bond donors (Lipinski definition) is 0. The maximum Gasteiger partial charge on any atom is 0.411 e.